The molecule has 0 unspecified atom stereocenters. The summed E-state index contributed by atoms with van der Waals surface area (Å²) in [4.78, 5) is 0.0275. The number of sulfonamides is 1. The molecule has 0 aliphatic heterocycles. The number of hydrogen-bond acceptors (Lipinski definition) is 2. The summed E-state index contributed by atoms with van der Waals surface area (Å²) >= 11 is 11.9. The van der Waals surface area contributed by atoms with Gasteiger partial charge in [0.25, 0.3) is 10.0 Å². The molecule has 0 atom stereocenters. The van der Waals surface area contributed by atoms with Gasteiger partial charge in [-0.05, 0) is 36.8 Å². The van der Waals surface area contributed by atoms with Crippen LogP contribution in [0, 0.1) is 6.92 Å². The third-order valence-electron chi connectivity index (χ3n) is 2.50. The highest BCUT2D eigenvalue weighted by Gasteiger charge is 2.18. The lowest BCUT2D eigenvalue weighted by atomic mass is 10.2. The van der Waals surface area contributed by atoms with Crippen LogP contribution < -0.4 is 4.72 Å². The maximum Gasteiger partial charge on any atom is 0.263 e. The Balaban J connectivity index is 2.41. The molecule has 3 nitrogen and oxygen atoms in total. The van der Waals surface area contributed by atoms with Gasteiger partial charge in [0.2, 0.25) is 0 Å². The molecular formula is C13H11Cl2NO2S. The lowest BCUT2D eigenvalue weighted by Crippen LogP contribution is -2.13. The molecule has 0 spiro atoms. The minimum Gasteiger partial charge on any atom is -0.278 e. The molecule has 0 radical (unpaired) electrons. The lowest BCUT2D eigenvalue weighted by molar-refractivity contribution is 0.601. The number of rotatable bonds is 3. The van der Waals surface area contributed by atoms with E-state index in [0.717, 1.165) is 5.56 Å². The van der Waals surface area contributed by atoms with Crippen LogP contribution in [0.25, 0.3) is 0 Å². The number of nitrogens with one attached hydrogen (secondary N) is 1. The largest absolute Gasteiger partial charge is 0.278 e. The first-order chi connectivity index (χ1) is 8.90. The van der Waals surface area contributed by atoms with Crippen molar-refractivity contribution in [2.75, 3.05) is 4.72 Å². The van der Waals surface area contributed by atoms with Crippen molar-refractivity contribution in [3.63, 3.8) is 0 Å². The van der Waals surface area contributed by atoms with Crippen molar-refractivity contribution in [2.24, 2.45) is 0 Å². The molecule has 0 amide bonds. The molecule has 0 aliphatic carbocycles. The first-order valence-corrected chi connectivity index (χ1v) is 7.67. The summed E-state index contributed by atoms with van der Waals surface area (Å²) in [6, 6.07) is 11.4. The smallest absolute Gasteiger partial charge is 0.263 e. The van der Waals surface area contributed by atoms with Gasteiger partial charge in [-0.3, -0.25) is 4.72 Å². The molecule has 0 aromatic heterocycles. The summed E-state index contributed by atoms with van der Waals surface area (Å²) in [5, 5.41) is 0.508. The average Bonchev–Trinajstić information content (AvgIpc) is 2.31. The molecule has 2 aromatic carbocycles. The van der Waals surface area contributed by atoms with Crippen molar-refractivity contribution in [2.45, 2.75) is 11.8 Å². The standard InChI is InChI=1S/C13H11Cl2NO2S/c1-9-6-7-13(11(15)8-9)19(17,18)16-12-5-3-2-4-10(12)14/h2-8,16H,1H3. The van der Waals surface area contributed by atoms with Crippen LogP contribution >= 0.6 is 23.2 Å². The summed E-state index contributed by atoms with van der Waals surface area (Å²) in [5.74, 6) is 0. The van der Waals surface area contributed by atoms with Gasteiger partial charge >= 0.3 is 0 Å². The highest BCUT2D eigenvalue weighted by Crippen LogP contribution is 2.27. The summed E-state index contributed by atoms with van der Waals surface area (Å²) in [6.07, 6.45) is 0. The van der Waals surface area contributed by atoms with Gasteiger partial charge in [-0.25, -0.2) is 8.42 Å². The molecule has 0 heterocycles. The molecule has 0 bridgehead atoms. The van der Waals surface area contributed by atoms with Gasteiger partial charge in [0, 0.05) is 0 Å². The van der Waals surface area contributed by atoms with E-state index in [-0.39, 0.29) is 9.92 Å². The fourth-order valence-electron chi connectivity index (χ4n) is 1.57. The third kappa shape index (κ3) is 3.21. The second kappa shape index (κ2) is 5.41. The Labute approximate surface area is 122 Å². The third-order valence-corrected chi connectivity index (χ3v) is 4.67. The first kappa shape index (κ1) is 14.2. The van der Waals surface area contributed by atoms with Crippen LogP contribution in [-0.4, -0.2) is 8.42 Å². The predicted octanol–water partition coefficient (Wildman–Crippen LogP) is 4.10. The maximum atomic E-state index is 12.2. The Morgan fingerprint density at radius 3 is 2.32 bits per heavy atom. The normalized spacial score (nSPS) is 11.3. The molecule has 0 aliphatic rings. The van der Waals surface area contributed by atoms with E-state index < -0.39 is 10.0 Å². The molecule has 0 saturated heterocycles. The second-order valence-electron chi connectivity index (χ2n) is 4.02. The zero-order valence-corrected chi connectivity index (χ0v) is 12.4. The second-order valence-corrected chi connectivity index (χ2v) is 6.48. The van der Waals surface area contributed by atoms with Crippen molar-refractivity contribution in [3.8, 4) is 0 Å². The van der Waals surface area contributed by atoms with Crippen molar-refractivity contribution < 1.29 is 8.42 Å². The zero-order valence-electron chi connectivity index (χ0n) is 10.0. The average molecular weight is 316 g/mol. The van der Waals surface area contributed by atoms with Crippen LogP contribution in [0.5, 0.6) is 0 Å². The van der Waals surface area contributed by atoms with E-state index in [9.17, 15) is 8.42 Å². The minimum absolute atomic E-state index is 0.0275. The topological polar surface area (TPSA) is 46.2 Å². The summed E-state index contributed by atoms with van der Waals surface area (Å²) in [5.41, 5.74) is 1.21. The Morgan fingerprint density at radius 1 is 1.00 bits per heavy atom. The number of benzene rings is 2. The lowest BCUT2D eigenvalue weighted by Gasteiger charge is -2.11. The molecule has 2 rings (SSSR count). The molecule has 2 aromatic rings. The van der Waals surface area contributed by atoms with Gasteiger partial charge < -0.3 is 0 Å². The number of aryl methyl sites for hydroxylation is 1. The molecule has 1 N–H and O–H groups in total. The maximum absolute atomic E-state index is 12.2. The van der Waals surface area contributed by atoms with Crippen LogP contribution in [0.2, 0.25) is 10.0 Å². The van der Waals surface area contributed by atoms with Gasteiger partial charge in [-0.1, -0.05) is 41.4 Å². The Morgan fingerprint density at radius 2 is 1.68 bits per heavy atom. The van der Waals surface area contributed by atoms with E-state index in [4.69, 9.17) is 23.2 Å². The summed E-state index contributed by atoms with van der Waals surface area (Å²) in [7, 11) is -3.75. The van der Waals surface area contributed by atoms with Crippen LogP contribution in [0.1, 0.15) is 5.56 Å². The van der Waals surface area contributed by atoms with Gasteiger partial charge in [0.1, 0.15) is 4.90 Å². The van der Waals surface area contributed by atoms with Crippen LogP contribution in [0.3, 0.4) is 0 Å². The van der Waals surface area contributed by atoms with Crippen LogP contribution in [-0.2, 0) is 10.0 Å². The number of para-hydroxylation sites is 1. The highest BCUT2D eigenvalue weighted by molar-refractivity contribution is 7.92. The predicted molar refractivity (Wildman–Crippen MR) is 78.4 cm³/mol. The van der Waals surface area contributed by atoms with Crippen molar-refractivity contribution in [3.05, 3.63) is 58.1 Å². The van der Waals surface area contributed by atoms with E-state index in [1.165, 1.54) is 6.07 Å². The fraction of sp³-hybridized carbons (Fsp3) is 0.0769. The minimum atomic E-state index is -3.75. The summed E-state index contributed by atoms with van der Waals surface area (Å²) in [6.45, 7) is 1.84. The summed E-state index contributed by atoms with van der Waals surface area (Å²) < 4.78 is 26.9. The Hall–Kier alpha value is -1.23. The van der Waals surface area contributed by atoms with Crippen molar-refractivity contribution in [1.82, 2.24) is 0 Å². The van der Waals surface area contributed by atoms with E-state index in [1.54, 1.807) is 36.4 Å². The number of hydrogen-bond donors (Lipinski definition) is 1. The van der Waals surface area contributed by atoms with Crippen molar-refractivity contribution >= 4 is 38.9 Å². The van der Waals surface area contributed by atoms with Crippen molar-refractivity contribution in [1.29, 1.82) is 0 Å². The quantitative estimate of drug-likeness (QED) is 0.926. The SMILES string of the molecule is Cc1ccc(S(=O)(=O)Nc2ccccc2Cl)c(Cl)c1. The fourth-order valence-corrected chi connectivity index (χ4v) is 3.49. The zero-order chi connectivity index (χ0) is 14.0. The van der Waals surface area contributed by atoms with E-state index in [0.29, 0.717) is 10.7 Å². The van der Waals surface area contributed by atoms with Gasteiger partial charge in [0.15, 0.2) is 0 Å². The van der Waals surface area contributed by atoms with E-state index in [1.807, 2.05) is 6.92 Å². The molecule has 19 heavy (non-hydrogen) atoms. The van der Waals surface area contributed by atoms with Gasteiger partial charge in [-0.15, -0.1) is 0 Å². The first-order valence-electron chi connectivity index (χ1n) is 5.43. The highest BCUT2D eigenvalue weighted by atomic mass is 35.5. The number of halogens is 2. The van der Waals surface area contributed by atoms with Gasteiger partial charge in [-0.2, -0.15) is 0 Å². The molecule has 0 fully saturated rings. The van der Waals surface area contributed by atoms with E-state index >= 15 is 0 Å². The molecule has 100 valence electrons. The molecular weight excluding hydrogens is 305 g/mol. The molecule has 0 saturated carbocycles. The Kier molecular flexibility index (Phi) is 4.04. The number of anilines is 1. The van der Waals surface area contributed by atoms with Crippen LogP contribution in [0.4, 0.5) is 5.69 Å². The molecule has 6 heteroatoms. The van der Waals surface area contributed by atoms with Gasteiger partial charge in [0.05, 0.1) is 15.7 Å². The Bertz CT molecular complexity index is 714. The van der Waals surface area contributed by atoms with Crippen LogP contribution in [0.15, 0.2) is 47.4 Å². The monoisotopic (exact) mass is 315 g/mol. The van der Waals surface area contributed by atoms with E-state index in [2.05, 4.69) is 4.72 Å².